The van der Waals surface area contributed by atoms with Crippen molar-refractivity contribution in [2.75, 3.05) is 11.9 Å². The van der Waals surface area contributed by atoms with Gasteiger partial charge in [0.1, 0.15) is 5.60 Å². The zero-order chi connectivity index (χ0) is 24.6. The predicted octanol–water partition coefficient (Wildman–Crippen LogP) is 4.49. The fraction of sp³-hybridized carbons (Fsp3) is 0.348. The highest BCUT2D eigenvalue weighted by Crippen LogP contribution is 2.29. The summed E-state index contributed by atoms with van der Waals surface area (Å²) in [6, 6.07) is 10.6. The molecule has 0 aromatic heterocycles. The molecule has 2 aromatic rings. The van der Waals surface area contributed by atoms with Gasteiger partial charge in [-0.05, 0) is 62.7 Å². The normalized spacial score (nSPS) is 11.5. The Hall–Kier alpha value is -3.56. The van der Waals surface area contributed by atoms with E-state index in [1.54, 1.807) is 45.0 Å². The molecule has 0 fully saturated rings. The Kier molecular flexibility index (Phi) is 8.44. The average Bonchev–Trinajstić information content (AvgIpc) is 2.71. The van der Waals surface area contributed by atoms with E-state index in [2.05, 4.69) is 16.0 Å². The fourth-order valence-electron chi connectivity index (χ4n) is 2.62. The summed E-state index contributed by atoms with van der Waals surface area (Å²) < 4.78 is 42.9. The summed E-state index contributed by atoms with van der Waals surface area (Å²) in [5.74, 6) is -0.798. The number of rotatable bonds is 7. The molecular formula is C23H26F3N3O4. The lowest BCUT2D eigenvalue weighted by Crippen LogP contribution is -2.34. The summed E-state index contributed by atoms with van der Waals surface area (Å²) in [5.41, 5.74) is -0.0511. The maximum absolute atomic E-state index is 12.6. The molecule has 10 heteroatoms. The Morgan fingerprint density at radius 3 is 2.03 bits per heavy atom. The van der Waals surface area contributed by atoms with Gasteiger partial charge in [-0.25, -0.2) is 4.79 Å². The van der Waals surface area contributed by atoms with E-state index >= 15 is 0 Å². The summed E-state index contributed by atoms with van der Waals surface area (Å²) in [4.78, 5) is 35.7. The molecule has 0 saturated carbocycles. The van der Waals surface area contributed by atoms with E-state index in [0.29, 0.717) is 5.69 Å². The molecule has 0 radical (unpaired) electrons. The lowest BCUT2D eigenvalue weighted by molar-refractivity contribution is -0.137. The number of hydrogen-bond donors (Lipinski definition) is 3. The Morgan fingerprint density at radius 1 is 0.879 bits per heavy atom. The molecule has 0 aliphatic carbocycles. The highest BCUT2D eigenvalue weighted by Gasteiger charge is 2.30. The SMILES string of the molecule is CC(C)(C)OC(=O)NCCC(=O)Nc1ccc(CNC(=O)c2ccc(C(F)(F)F)cc2)cc1. The van der Waals surface area contributed by atoms with Crippen LogP contribution in [0.1, 0.15) is 48.7 Å². The third-order valence-electron chi connectivity index (χ3n) is 4.19. The lowest BCUT2D eigenvalue weighted by Gasteiger charge is -2.19. The number of ether oxygens (including phenoxy) is 1. The monoisotopic (exact) mass is 465 g/mol. The van der Waals surface area contributed by atoms with Crippen molar-refractivity contribution in [3.8, 4) is 0 Å². The van der Waals surface area contributed by atoms with Crippen LogP contribution in [0, 0.1) is 0 Å². The van der Waals surface area contributed by atoms with Gasteiger partial charge in [0.05, 0.1) is 5.56 Å². The summed E-state index contributed by atoms with van der Waals surface area (Å²) >= 11 is 0. The Bertz CT molecular complexity index is 966. The number of nitrogens with one attached hydrogen (secondary N) is 3. The van der Waals surface area contributed by atoms with E-state index in [1.165, 1.54) is 0 Å². The molecule has 0 bridgehead atoms. The minimum Gasteiger partial charge on any atom is -0.444 e. The second-order valence-corrected chi connectivity index (χ2v) is 8.18. The van der Waals surface area contributed by atoms with E-state index < -0.39 is 29.3 Å². The Morgan fingerprint density at radius 2 is 1.48 bits per heavy atom. The van der Waals surface area contributed by atoms with Crippen LogP contribution in [-0.4, -0.2) is 30.1 Å². The van der Waals surface area contributed by atoms with Gasteiger partial charge in [0, 0.05) is 30.8 Å². The topological polar surface area (TPSA) is 96.5 Å². The number of carbonyl (C=O) groups excluding carboxylic acids is 3. The van der Waals surface area contributed by atoms with E-state index in [-0.39, 0.29) is 31.0 Å². The van der Waals surface area contributed by atoms with E-state index in [0.717, 1.165) is 29.8 Å². The molecule has 2 aromatic carbocycles. The number of carbonyl (C=O) groups is 3. The number of benzene rings is 2. The molecule has 0 aliphatic heterocycles. The summed E-state index contributed by atoms with van der Waals surface area (Å²) in [6.45, 7) is 5.50. The molecule has 33 heavy (non-hydrogen) atoms. The third-order valence-corrected chi connectivity index (χ3v) is 4.19. The molecule has 0 heterocycles. The molecule has 0 saturated heterocycles. The van der Waals surface area contributed by atoms with Crippen molar-refractivity contribution < 1.29 is 32.3 Å². The number of anilines is 1. The van der Waals surface area contributed by atoms with Crippen LogP contribution < -0.4 is 16.0 Å². The Balaban J connectivity index is 1.76. The van der Waals surface area contributed by atoms with Crippen LogP contribution in [0.3, 0.4) is 0 Å². The number of alkyl carbamates (subject to hydrolysis) is 1. The van der Waals surface area contributed by atoms with E-state index in [4.69, 9.17) is 4.74 Å². The second-order valence-electron chi connectivity index (χ2n) is 8.18. The van der Waals surface area contributed by atoms with Crippen LogP contribution in [0.2, 0.25) is 0 Å². The molecule has 3 N–H and O–H groups in total. The first kappa shape index (κ1) is 25.7. The van der Waals surface area contributed by atoms with Crippen molar-refractivity contribution in [1.29, 1.82) is 0 Å². The maximum atomic E-state index is 12.6. The van der Waals surface area contributed by atoms with Gasteiger partial charge >= 0.3 is 12.3 Å². The molecule has 178 valence electrons. The van der Waals surface area contributed by atoms with Crippen LogP contribution in [-0.2, 0) is 22.3 Å². The highest BCUT2D eigenvalue weighted by atomic mass is 19.4. The van der Waals surface area contributed by atoms with Crippen molar-refractivity contribution >= 4 is 23.6 Å². The molecule has 0 atom stereocenters. The van der Waals surface area contributed by atoms with Crippen molar-refractivity contribution in [1.82, 2.24) is 10.6 Å². The largest absolute Gasteiger partial charge is 0.444 e. The third kappa shape index (κ3) is 9.22. The number of halogens is 3. The average molecular weight is 465 g/mol. The predicted molar refractivity (Wildman–Crippen MR) is 117 cm³/mol. The smallest absolute Gasteiger partial charge is 0.416 e. The zero-order valence-electron chi connectivity index (χ0n) is 18.5. The number of amides is 3. The van der Waals surface area contributed by atoms with Gasteiger partial charge in [-0.15, -0.1) is 0 Å². The van der Waals surface area contributed by atoms with Crippen LogP contribution in [0.25, 0.3) is 0 Å². The minimum atomic E-state index is -4.46. The molecular weight excluding hydrogens is 439 g/mol. The van der Waals surface area contributed by atoms with Crippen molar-refractivity contribution in [3.05, 3.63) is 65.2 Å². The minimum absolute atomic E-state index is 0.0597. The van der Waals surface area contributed by atoms with Crippen LogP contribution in [0.15, 0.2) is 48.5 Å². The van der Waals surface area contributed by atoms with Gasteiger partial charge in [0.15, 0.2) is 0 Å². The molecule has 7 nitrogen and oxygen atoms in total. The van der Waals surface area contributed by atoms with Crippen molar-refractivity contribution in [2.45, 2.75) is 45.5 Å². The van der Waals surface area contributed by atoms with E-state index in [9.17, 15) is 27.6 Å². The first-order valence-corrected chi connectivity index (χ1v) is 10.1. The first-order chi connectivity index (χ1) is 15.3. The lowest BCUT2D eigenvalue weighted by atomic mass is 10.1. The number of alkyl halides is 3. The van der Waals surface area contributed by atoms with Gasteiger partial charge in [0.25, 0.3) is 5.91 Å². The van der Waals surface area contributed by atoms with Crippen LogP contribution >= 0.6 is 0 Å². The summed E-state index contributed by atoms with van der Waals surface area (Å²) in [5, 5.41) is 7.82. The van der Waals surface area contributed by atoms with Crippen LogP contribution in [0.4, 0.5) is 23.7 Å². The standard InChI is InChI=1S/C23H26F3N3O4/c1-22(2,3)33-21(32)27-13-12-19(30)29-18-10-4-15(5-11-18)14-28-20(31)16-6-8-17(9-7-16)23(24,25)26/h4-11H,12-14H2,1-3H3,(H,27,32)(H,28,31)(H,29,30). The molecule has 0 spiro atoms. The first-order valence-electron chi connectivity index (χ1n) is 10.1. The second kappa shape index (κ2) is 10.8. The van der Waals surface area contributed by atoms with Crippen molar-refractivity contribution in [2.24, 2.45) is 0 Å². The number of hydrogen-bond acceptors (Lipinski definition) is 4. The molecule has 0 aliphatic rings. The van der Waals surface area contributed by atoms with Gasteiger partial charge in [-0.3, -0.25) is 9.59 Å². The highest BCUT2D eigenvalue weighted by molar-refractivity contribution is 5.94. The summed E-state index contributed by atoms with van der Waals surface area (Å²) in [6.07, 6.45) is -5.00. The van der Waals surface area contributed by atoms with E-state index in [1.807, 2.05) is 0 Å². The van der Waals surface area contributed by atoms with Gasteiger partial charge in [0.2, 0.25) is 5.91 Å². The van der Waals surface area contributed by atoms with Crippen LogP contribution in [0.5, 0.6) is 0 Å². The molecule has 2 rings (SSSR count). The quantitative estimate of drug-likeness (QED) is 0.562. The van der Waals surface area contributed by atoms with Crippen molar-refractivity contribution in [3.63, 3.8) is 0 Å². The fourth-order valence-corrected chi connectivity index (χ4v) is 2.62. The maximum Gasteiger partial charge on any atom is 0.416 e. The molecule has 3 amide bonds. The molecule has 0 unspecified atom stereocenters. The zero-order valence-corrected chi connectivity index (χ0v) is 18.5. The Labute approximate surface area is 189 Å². The van der Waals surface area contributed by atoms with Gasteiger partial charge in [-0.1, -0.05) is 12.1 Å². The summed E-state index contributed by atoms with van der Waals surface area (Å²) in [7, 11) is 0. The van der Waals surface area contributed by atoms with Gasteiger partial charge < -0.3 is 20.7 Å². The van der Waals surface area contributed by atoms with Gasteiger partial charge in [-0.2, -0.15) is 13.2 Å².